The second-order valence-electron chi connectivity index (χ2n) is 5.89. The van der Waals surface area contributed by atoms with Crippen molar-refractivity contribution in [3.05, 3.63) is 29.3 Å². The molecule has 1 saturated carbocycles. The summed E-state index contributed by atoms with van der Waals surface area (Å²) in [4.78, 5) is 0. The summed E-state index contributed by atoms with van der Waals surface area (Å²) in [5.74, 6) is 2.32. The highest BCUT2D eigenvalue weighted by Crippen LogP contribution is 2.41. The number of nitrogens with two attached hydrogens (primary N) is 1. The summed E-state index contributed by atoms with van der Waals surface area (Å²) >= 11 is 0. The molecule has 2 N–H and O–H groups in total. The summed E-state index contributed by atoms with van der Waals surface area (Å²) in [5.41, 5.74) is 9.05. The van der Waals surface area contributed by atoms with Crippen LogP contribution in [0.25, 0.3) is 0 Å². The Balaban J connectivity index is 2.26. The van der Waals surface area contributed by atoms with Crippen LogP contribution in [0.3, 0.4) is 0 Å². The van der Waals surface area contributed by atoms with Crippen molar-refractivity contribution in [2.24, 2.45) is 17.6 Å². The van der Waals surface area contributed by atoms with Gasteiger partial charge in [0.25, 0.3) is 0 Å². The van der Waals surface area contributed by atoms with Crippen molar-refractivity contribution < 1.29 is 4.74 Å². The van der Waals surface area contributed by atoms with Crippen LogP contribution in [0, 0.1) is 18.8 Å². The quantitative estimate of drug-likeness (QED) is 0.880. The molecular formula is C17H27NO. The number of hydrogen-bond acceptors (Lipinski definition) is 2. The molecule has 0 spiro atoms. The Hall–Kier alpha value is -1.02. The Labute approximate surface area is 117 Å². The molecule has 1 aliphatic carbocycles. The Morgan fingerprint density at radius 1 is 1.32 bits per heavy atom. The molecule has 0 amide bonds. The number of benzene rings is 1. The van der Waals surface area contributed by atoms with Crippen LogP contribution in [0.1, 0.15) is 56.2 Å². The van der Waals surface area contributed by atoms with E-state index in [1.165, 1.54) is 43.2 Å². The Bertz CT molecular complexity index is 416. The molecule has 106 valence electrons. The van der Waals surface area contributed by atoms with E-state index in [-0.39, 0.29) is 6.04 Å². The van der Waals surface area contributed by atoms with Crippen LogP contribution in [-0.4, -0.2) is 7.11 Å². The zero-order valence-electron chi connectivity index (χ0n) is 12.5. The van der Waals surface area contributed by atoms with Gasteiger partial charge in [0, 0.05) is 11.6 Å². The molecule has 0 aromatic heterocycles. The topological polar surface area (TPSA) is 35.2 Å². The third kappa shape index (κ3) is 3.11. The van der Waals surface area contributed by atoms with Crippen molar-refractivity contribution in [2.75, 3.05) is 7.11 Å². The largest absolute Gasteiger partial charge is 0.496 e. The zero-order valence-corrected chi connectivity index (χ0v) is 12.5. The van der Waals surface area contributed by atoms with Crippen LogP contribution in [0.15, 0.2) is 18.2 Å². The average Bonchev–Trinajstić information content (AvgIpc) is 2.46. The molecule has 0 aliphatic heterocycles. The van der Waals surface area contributed by atoms with E-state index in [1.54, 1.807) is 7.11 Å². The minimum atomic E-state index is 0.111. The summed E-state index contributed by atoms with van der Waals surface area (Å²) in [6.45, 7) is 4.41. The Morgan fingerprint density at radius 2 is 2.05 bits per heavy atom. The molecule has 2 heteroatoms. The molecule has 3 atom stereocenters. The fourth-order valence-corrected chi connectivity index (χ4v) is 3.56. The molecule has 19 heavy (non-hydrogen) atoms. The molecular weight excluding hydrogens is 234 g/mol. The van der Waals surface area contributed by atoms with Crippen molar-refractivity contribution >= 4 is 0 Å². The van der Waals surface area contributed by atoms with E-state index in [0.29, 0.717) is 5.92 Å². The highest BCUT2D eigenvalue weighted by atomic mass is 16.5. The van der Waals surface area contributed by atoms with Crippen LogP contribution in [0.2, 0.25) is 0 Å². The predicted octanol–water partition coefficient (Wildman–Crippen LogP) is 4.22. The smallest absolute Gasteiger partial charge is 0.123 e. The SMILES string of the molecule is CCC1CCCCC1C(N)c1cc(C)ccc1OC. The number of aryl methyl sites for hydroxylation is 1. The van der Waals surface area contributed by atoms with E-state index in [9.17, 15) is 0 Å². The minimum absolute atomic E-state index is 0.111. The standard InChI is InChI=1S/C17H27NO/c1-4-13-7-5-6-8-14(13)17(18)15-11-12(2)9-10-16(15)19-3/h9-11,13-14,17H,4-8,18H2,1-3H3. The van der Waals surface area contributed by atoms with Gasteiger partial charge in [-0.15, -0.1) is 0 Å². The fraction of sp³-hybridized carbons (Fsp3) is 0.647. The van der Waals surface area contributed by atoms with E-state index in [4.69, 9.17) is 10.5 Å². The van der Waals surface area contributed by atoms with Gasteiger partial charge in [-0.3, -0.25) is 0 Å². The number of hydrogen-bond donors (Lipinski definition) is 1. The first-order valence-corrected chi connectivity index (χ1v) is 7.57. The van der Waals surface area contributed by atoms with Crippen molar-refractivity contribution in [2.45, 2.75) is 52.0 Å². The lowest BCUT2D eigenvalue weighted by molar-refractivity contribution is 0.194. The normalized spacial score (nSPS) is 25.1. The third-order valence-corrected chi connectivity index (χ3v) is 4.70. The maximum atomic E-state index is 6.60. The summed E-state index contributed by atoms with van der Waals surface area (Å²) < 4.78 is 5.50. The van der Waals surface area contributed by atoms with Crippen LogP contribution >= 0.6 is 0 Å². The van der Waals surface area contributed by atoms with Crippen molar-refractivity contribution in [3.63, 3.8) is 0 Å². The van der Waals surface area contributed by atoms with Crippen LogP contribution in [0.5, 0.6) is 5.75 Å². The lowest BCUT2D eigenvalue weighted by Gasteiger charge is -2.35. The number of ether oxygens (including phenoxy) is 1. The first kappa shape index (κ1) is 14.4. The van der Waals surface area contributed by atoms with E-state index < -0.39 is 0 Å². The monoisotopic (exact) mass is 261 g/mol. The van der Waals surface area contributed by atoms with E-state index in [1.807, 2.05) is 6.07 Å². The highest BCUT2D eigenvalue weighted by molar-refractivity contribution is 5.39. The molecule has 1 aliphatic rings. The molecule has 2 nitrogen and oxygen atoms in total. The van der Waals surface area contributed by atoms with Gasteiger partial charge in [0.2, 0.25) is 0 Å². The number of rotatable bonds is 4. The molecule has 0 bridgehead atoms. The van der Waals surface area contributed by atoms with Gasteiger partial charge in [-0.05, 0) is 31.2 Å². The summed E-state index contributed by atoms with van der Waals surface area (Å²) in [5, 5.41) is 0. The highest BCUT2D eigenvalue weighted by Gasteiger charge is 2.30. The van der Waals surface area contributed by atoms with E-state index in [2.05, 4.69) is 26.0 Å². The second kappa shape index (κ2) is 6.42. The molecule has 3 unspecified atom stereocenters. The van der Waals surface area contributed by atoms with Gasteiger partial charge >= 0.3 is 0 Å². The summed E-state index contributed by atoms with van der Waals surface area (Å²) in [6.07, 6.45) is 6.53. The molecule has 0 radical (unpaired) electrons. The third-order valence-electron chi connectivity index (χ3n) is 4.70. The Kier molecular flexibility index (Phi) is 4.87. The minimum Gasteiger partial charge on any atom is -0.496 e. The zero-order chi connectivity index (χ0) is 13.8. The van der Waals surface area contributed by atoms with Crippen LogP contribution in [0.4, 0.5) is 0 Å². The van der Waals surface area contributed by atoms with Crippen LogP contribution < -0.4 is 10.5 Å². The van der Waals surface area contributed by atoms with Crippen molar-refractivity contribution in [1.82, 2.24) is 0 Å². The van der Waals surface area contributed by atoms with Gasteiger partial charge in [0.05, 0.1) is 7.11 Å². The van der Waals surface area contributed by atoms with Crippen molar-refractivity contribution in [3.8, 4) is 5.75 Å². The second-order valence-corrected chi connectivity index (χ2v) is 5.89. The molecule has 0 heterocycles. The summed E-state index contributed by atoms with van der Waals surface area (Å²) in [7, 11) is 1.74. The lowest BCUT2D eigenvalue weighted by Crippen LogP contribution is -2.30. The number of methoxy groups -OCH3 is 1. The predicted molar refractivity (Wildman–Crippen MR) is 80.4 cm³/mol. The first-order chi connectivity index (χ1) is 9.17. The Morgan fingerprint density at radius 3 is 2.74 bits per heavy atom. The maximum Gasteiger partial charge on any atom is 0.123 e. The summed E-state index contributed by atoms with van der Waals surface area (Å²) in [6, 6.07) is 6.45. The van der Waals surface area contributed by atoms with Gasteiger partial charge in [-0.1, -0.05) is 50.3 Å². The van der Waals surface area contributed by atoms with Gasteiger partial charge < -0.3 is 10.5 Å². The molecule has 1 aromatic rings. The van der Waals surface area contributed by atoms with Gasteiger partial charge in [-0.25, -0.2) is 0 Å². The maximum absolute atomic E-state index is 6.60. The van der Waals surface area contributed by atoms with Gasteiger partial charge in [0.15, 0.2) is 0 Å². The lowest BCUT2D eigenvalue weighted by atomic mass is 9.72. The average molecular weight is 261 g/mol. The molecule has 1 aromatic carbocycles. The fourth-order valence-electron chi connectivity index (χ4n) is 3.56. The van der Waals surface area contributed by atoms with Gasteiger partial charge in [-0.2, -0.15) is 0 Å². The van der Waals surface area contributed by atoms with Crippen LogP contribution in [-0.2, 0) is 0 Å². The molecule has 2 rings (SSSR count). The first-order valence-electron chi connectivity index (χ1n) is 7.57. The van der Waals surface area contributed by atoms with Gasteiger partial charge in [0.1, 0.15) is 5.75 Å². The van der Waals surface area contributed by atoms with Crippen molar-refractivity contribution in [1.29, 1.82) is 0 Å². The molecule has 1 fully saturated rings. The van der Waals surface area contributed by atoms with E-state index in [0.717, 1.165) is 11.7 Å². The van der Waals surface area contributed by atoms with E-state index >= 15 is 0 Å². The molecule has 0 saturated heterocycles.